The van der Waals surface area contributed by atoms with Crippen LogP contribution in [0.1, 0.15) is 34.1 Å². The zero-order valence-electron chi connectivity index (χ0n) is 16.1. The first kappa shape index (κ1) is 15.2. The monoisotopic (exact) mass is 374 g/mol. The third kappa shape index (κ3) is 1.69. The molecule has 0 aromatic heterocycles. The van der Waals surface area contributed by atoms with Crippen molar-refractivity contribution >= 4 is 12.2 Å². The normalized spacial score (nSPS) is 38.8. The van der Waals surface area contributed by atoms with Gasteiger partial charge >= 0.3 is 0 Å². The lowest BCUT2D eigenvalue weighted by Crippen LogP contribution is -2.51. The molecule has 140 valence electrons. The van der Waals surface area contributed by atoms with E-state index in [0.717, 1.165) is 0 Å². The van der Waals surface area contributed by atoms with Gasteiger partial charge in [-0.1, -0.05) is 84.9 Å². The maximum absolute atomic E-state index is 6.88. The third-order valence-corrected chi connectivity index (χ3v) is 8.56. The minimum atomic E-state index is 0.341. The van der Waals surface area contributed by atoms with Gasteiger partial charge in [-0.15, -0.1) is 0 Å². The van der Waals surface area contributed by atoms with Crippen LogP contribution in [0.3, 0.4) is 0 Å². The van der Waals surface area contributed by atoms with E-state index in [1.807, 2.05) is 0 Å². The molecular formula is C28H22O. The molecule has 3 aromatic rings. The highest BCUT2D eigenvalue weighted by Gasteiger charge is 2.66. The van der Waals surface area contributed by atoms with Crippen molar-refractivity contribution in [3.63, 3.8) is 0 Å². The fourth-order valence-electron chi connectivity index (χ4n) is 7.72. The van der Waals surface area contributed by atoms with Gasteiger partial charge in [-0.25, -0.2) is 0 Å². The van der Waals surface area contributed by atoms with Crippen LogP contribution in [0.5, 0.6) is 0 Å². The highest BCUT2D eigenvalue weighted by molar-refractivity contribution is 5.60. The Morgan fingerprint density at radius 1 is 0.483 bits per heavy atom. The van der Waals surface area contributed by atoms with Crippen LogP contribution < -0.4 is 10.4 Å². The molecule has 0 amide bonds. The average molecular weight is 374 g/mol. The Morgan fingerprint density at radius 2 is 0.862 bits per heavy atom. The Labute approximate surface area is 170 Å². The van der Waals surface area contributed by atoms with Gasteiger partial charge in [0.05, 0.1) is 12.2 Å². The highest BCUT2D eigenvalue weighted by Crippen LogP contribution is 2.68. The zero-order chi connectivity index (χ0) is 18.7. The molecular weight excluding hydrogens is 352 g/mol. The van der Waals surface area contributed by atoms with Crippen molar-refractivity contribution in [1.82, 2.24) is 0 Å². The van der Waals surface area contributed by atoms with E-state index in [1.165, 1.54) is 10.4 Å². The molecule has 4 bridgehead atoms. The molecule has 6 unspecified atom stereocenters. The molecule has 9 rings (SSSR count). The first-order chi connectivity index (χ1) is 14.4. The van der Waals surface area contributed by atoms with Crippen molar-refractivity contribution in [1.29, 1.82) is 0 Å². The van der Waals surface area contributed by atoms with Crippen LogP contribution in [0.15, 0.2) is 72.8 Å². The summed E-state index contributed by atoms with van der Waals surface area (Å²) in [6, 6.07) is 27.3. The van der Waals surface area contributed by atoms with Crippen molar-refractivity contribution < 1.29 is 4.74 Å². The molecule has 2 heterocycles. The zero-order valence-corrected chi connectivity index (χ0v) is 16.1. The van der Waals surface area contributed by atoms with Gasteiger partial charge in [0.15, 0.2) is 0 Å². The number of fused-ring (bicyclic) bond motifs is 6. The van der Waals surface area contributed by atoms with Crippen LogP contribution in [0.4, 0.5) is 0 Å². The Kier molecular flexibility index (Phi) is 2.68. The molecule has 6 atom stereocenters. The SMILES string of the molecule is C1=c2ccccc2=CC2C1C1OC2C2C3c4ccccc4C(c4ccccc43)C12. The standard InChI is InChI=1S/C28H22O/c1-2-8-16-14-22-21(13-15(16)7-1)27-25-23-17-9-3-5-11-19(17)24(26(25)28(22)29-27)20-12-6-4-10-18(20)23/h1-14,21-28H. The second-order valence-corrected chi connectivity index (χ2v) is 9.55. The summed E-state index contributed by atoms with van der Waals surface area (Å²) in [5, 5.41) is 2.78. The predicted molar refractivity (Wildman–Crippen MR) is 114 cm³/mol. The van der Waals surface area contributed by atoms with E-state index >= 15 is 0 Å². The summed E-state index contributed by atoms with van der Waals surface area (Å²) in [6.07, 6.45) is 5.74. The van der Waals surface area contributed by atoms with Crippen LogP contribution >= 0.6 is 0 Å². The van der Waals surface area contributed by atoms with Gasteiger partial charge in [0.1, 0.15) is 0 Å². The van der Waals surface area contributed by atoms with Crippen LogP contribution in [0, 0.1) is 23.7 Å². The smallest absolute Gasteiger partial charge is 0.0690 e. The van der Waals surface area contributed by atoms with E-state index in [4.69, 9.17) is 4.74 Å². The quantitative estimate of drug-likeness (QED) is 0.582. The van der Waals surface area contributed by atoms with E-state index < -0.39 is 0 Å². The molecule has 1 nitrogen and oxygen atoms in total. The molecule has 2 saturated heterocycles. The van der Waals surface area contributed by atoms with Gasteiger partial charge in [0.25, 0.3) is 0 Å². The van der Waals surface area contributed by atoms with E-state index in [2.05, 4.69) is 84.9 Å². The maximum Gasteiger partial charge on any atom is 0.0690 e. The maximum atomic E-state index is 6.88. The minimum Gasteiger partial charge on any atom is -0.373 e. The van der Waals surface area contributed by atoms with Crippen LogP contribution in [0.25, 0.3) is 12.2 Å². The van der Waals surface area contributed by atoms with E-state index in [9.17, 15) is 0 Å². The number of ether oxygens (including phenoxy) is 1. The van der Waals surface area contributed by atoms with Crippen molar-refractivity contribution in [2.75, 3.05) is 0 Å². The summed E-state index contributed by atoms with van der Waals surface area (Å²) in [6.45, 7) is 0. The summed E-state index contributed by atoms with van der Waals surface area (Å²) in [4.78, 5) is 0. The Hall–Kier alpha value is -2.64. The molecule has 29 heavy (non-hydrogen) atoms. The van der Waals surface area contributed by atoms with E-state index in [1.54, 1.807) is 22.3 Å². The molecule has 6 aliphatic rings. The topological polar surface area (TPSA) is 9.23 Å². The second-order valence-electron chi connectivity index (χ2n) is 9.55. The van der Waals surface area contributed by atoms with Crippen molar-refractivity contribution in [2.24, 2.45) is 23.7 Å². The number of hydrogen-bond donors (Lipinski definition) is 0. The first-order valence-corrected chi connectivity index (χ1v) is 11.0. The van der Waals surface area contributed by atoms with Gasteiger partial charge in [-0.2, -0.15) is 0 Å². The first-order valence-electron chi connectivity index (χ1n) is 11.0. The lowest BCUT2D eigenvalue weighted by Gasteiger charge is -2.53. The molecule has 3 aromatic carbocycles. The summed E-state index contributed by atoms with van der Waals surface area (Å²) < 4.78 is 6.88. The van der Waals surface area contributed by atoms with Crippen LogP contribution in [-0.2, 0) is 4.74 Å². The highest BCUT2D eigenvalue weighted by atomic mass is 16.5. The molecule has 0 saturated carbocycles. The Balaban J connectivity index is 1.37. The molecule has 2 fully saturated rings. The number of rotatable bonds is 0. The van der Waals surface area contributed by atoms with Crippen molar-refractivity contribution in [2.45, 2.75) is 24.0 Å². The lowest BCUT2D eigenvalue weighted by atomic mass is 9.48. The molecule has 0 radical (unpaired) electrons. The molecule has 4 aliphatic carbocycles. The van der Waals surface area contributed by atoms with Gasteiger partial charge in [0.2, 0.25) is 0 Å². The summed E-state index contributed by atoms with van der Waals surface area (Å²) >= 11 is 0. The lowest BCUT2D eigenvalue weighted by molar-refractivity contribution is 0.0774. The Morgan fingerprint density at radius 3 is 1.28 bits per heavy atom. The summed E-state index contributed by atoms with van der Waals surface area (Å²) in [7, 11) is 0. The summed E-state index contributed by atoms with van der Waals surface area (Å²) in [5.74, 6) is 3.22. The fourth-order valence-corrected chi connectivity index (χ4v) is 7.72. The summed E-state index contributed by atoms with van der Waals surface area (Å²) in [5.41, 5.74) is 6.24. The van der Waals surface area contributed by atoms with E-state index in [-0.39, 0.29) is 0 Å². The van der Waals surface area contributed by atoms with Crippen molar-refractivity contribution in [3.05, 3.63) is 105 Å². The second kappa shape index (κ2) is 5.09. The van der Waals surface area contributed by atoms with E-state index in [0.29, 0.717) is 47.7 Å². The minimum absolute atomic E-state index is 0.341. The number of hydrogen-bond acceptors (Lipinski definition) is 1. The molecule has 0 N–H and O–H groups in total. The van der Waals surface area contributed by atoms with Gasteiger partial charge in [-0.3, -0.25) is 0 Å². The molecule has 0 spiro atoms. The van der Waals surface area contributed by atoms with Crippen LogP contribution in [-0.4, -0.2) is 12.2 Å². The van der Waals surface area contributed by atoms with Crippen LogP contribution in [0.2, 0.25) is 0 Å². The van der Waals surface area contributed by atoms with Crippen molar-refractivity contribution in [3.8, 4) is 0 Å². The van der Waals surface area contributed by atoms with Gasteiger partial charge < -0.3 is 4.74 Å². The fraction of sp³-hybridized carbons (Fsp3) is 0.286. The van der Waals surface area contributed by atoms with Gasteiger partial charge in [0, 0.05) is 35.5 Å². The Bertz CT molecular complexity index is 1160. The molecule has 1 heteroatoms. The van der Waals surface area contributed by atoms with Gasteiger partial charge in [-0.05, 0) is 32.7 Å². The third-order valence-electron chi connectivity index (χ3n) is 8.56. The molecule has 2 aliphatic heterocycles. The number of benzene rings is 3. The largest absolute Gasteiger partial charge is 0.373 e. The predicted octanol–water partition coefficient (Wildman–Crippen LogP) is 3.80. The average Bonchev–Trinajstić information content (AvgIpc) is 3.35.